The van der Waals surface area contributed by atoms with Crippen LogP contribution in [0.5, 0.6) is 0 Å². The second-order valence-corrected chi connectivity index (χ2v) is 6.72. The first-order valence-corrected chi connectivity index (χ1v) is 9.23. The van der Waals surface area contributed by atoms with Gasteiger partial charge in [-0.05, 0) is 29.7 Å². The molecule has 5 aromatic rings. The van der Waals surface area contributed by atoms with E-state index in [-0.39, 0.29) is 5.56 Å². The monoisotopic (exact) mass is 383 g/mol. The highest BCUT2D eigenvalue weighted by atomic mass is 16.5. The van der Waals surface area contributed by atoms with Gasteiger partial charge in [0, 0.05) is 29.1 Å². The number of nitrogens with one attached hydrogen (secondary N) is 2. The number of benzene rings is 2. The molecule has 0 fully saturated rings. The zero-order valence-electron chi connectivity index (χ0n) is 15.6. The molecule has 7 nitrogen and oxygen atoms in total. The Balaban J connectivity index is 1.54. The number of para-hydroxylation sites is 1. The van der Waals surface area contributed by atoms with Crippen molar-refractivity contribution < 1.29 is 4.52 Å². The van der Waals surface area contributed by atoms with Crippen LogP contribution in [0.15, 0.2) is 70.0 Å². The maximum Gasteiger partial charge on any atom is 0.256 e. The van der Waals surface area contributed by atoms with E-state index < -0.39 is 0 Å². The summed E-state index contributed by atoms with van der Waals surface area (Å²) in [6.45, 7) is 0. The van der Waals surface area contributed by atoms with Gasteiger partial charge in [-0.3, -0.25) is 4.79 Å². The maximum absolute atomic E-state index is 12.3. The highest BCUT2D eigenvalue weighted by Gasteiger charge is 2.15. The number of hydrogen-bond acceptors (Lipinski definition) is 6. The normalized spacial score (nSPS) is 11.2. The summed E-state index contributed by atoms with van der Waals surface area (Å²) in [7, 11) is 1.82. The standard InChI is InChI=1S/C22H17N5O2/c1-23-19-12-17(16-8-4-5-9-18(16)25-19)21-26-20(29-27-21)11-14-10-13-6-2-3-7-15(13)22(28)24-14/h2-10,12H,11H2,1H3,(H,23,25)(H,24,28). The first kappa shape index (κ1) is 17.1. The number of hydrogen-bond donors (Lipinski definition) is 2. The second kappa shape index (κ2) is 6.87. The average Bonchev–Trinajstić information content (AvgIpc) is 3.21. The SMILES string of the molecule is CNc1cc(-c2noc(Cc3cc4ccccc4c(=O)[nH]3)n2)c2ccccc2n1. The number of H-pyrrole nitrogens is 1. The van der Waals surface area contributed by atoms with Crippen LogP contribution in [0.4, 0.5) is 5.82 Å². The molecule has 0 spiro atoms. The van der Waals surface area contributed by atoms with Gasteiger partial charge < -0.3 is 14.8 Å². The summed E-state index contributed by atoms with van der Waals surface area (Å²) in [5.41, 5.74) is 2.28. The number of rotatable bonds is 4. The molecule has 0 saturated heterocycles. The van der Waals surface area contributed by atoms with Gasteiger partial charge in [0.15, 0.2) is 0 Å². The van der Waals surface area contributed by atoms with Crippen LogP contribution in [0.3, 0.4) is 0 Å². The van der Waals surface area contributed by atoms with Crippen LogP contribution in [-0.4, -0.2) is 27.2 Å². The number of anilines is 1. The van der Waals surface area contributed by atoms with E-state index in [1.165, 1.54) is 0 Å². The Labute approximate surface area is 165 Å². The number of aromatic nitrogens is 4. The van der Waals surface area contributed by atoms with Gasteiger partial charge in [-0.25, -0.2) is 4.98 Å². The predicted molar refractivity (Wildman–Crippen MR) is 112 cm³/mol. The lowest BCUT2D eigenvalue weighted by molar-refractivity contribution is 0.385. The molecule has 0 aliphatic rings. The first-order valence-electron chi connectivity index (χ1n) is 9.23. The Morgan fingerprint density at radius 2 is 1.79 bits per heavy atom. The van der Waals surface area contributed by atoms with Crippen molar-refractivity contribution in [3.05, 3.63) is 82.6 Å². The highest BCUT2D eigenvalue weighted by molar-refractivity contribution is 5.94. The van der Waals surface area contributed by atoms with Gasteiger partial charge in [-0.15, -0.1) is 0 Å². The average molecular weight is 383 g/mol. The first-order chi connectivity index (χ1) is 14.2. The Kier molecular flexibility index (Phi) is 4.05. The number of aromatic amines is 1. The van der Waals surface area contributed by atoms with E-state index in [0.29, 0.717) is 23.5 Å². The molecule has 0 aliphatic heterocycles. The van der Waals surface area contributed by atoms with E-state index in [1.807, 2.05) is 61.6 Å². The fraction of sp³-hybridized carbons (Fsp3) is 0.0909. The molecule has 0 bridgehead atoms. The molecule has 0 unspecified atom stereocenters. The van der Waals surface area contributed by atoms with Crippen molar-refractivity contribution in [2.45, 2.75) is 6.42 Å². The van der Waals surface area contributed by atoms with Gasteiger partial charge in [0.05, 0.1) is 11.9 Å². The molecule has 0 aliphatic carbocycles. The quantitative estimate of drug-likeness (QED) is 0.490. The number of pyridine rings is 2. The molecule has 0 amide bonds. The maximum atomic E-state index is 12.3. The Morgan fingerprint density at radius 1 is 1.00 bits per heavy atom. The van der Waals surface area contributed by atoms with Crippen molar-refractivity contribution in [3.63, 3.8) is 0 Å². The molecular formula is C22H17N5O2. The van der Waals surface area contributed by atoms with E-state index in [0.717, 1.165) is 33.4 Å². The fourth-order valence-electron chi connectivity index (χ4n) is 3.45. The van der Waals surface area contributed by atoms with Gasteiger partial charge in [-0.2, -0.15) is 4.98 Å². The molecule has 3 heterocycles. The van der Waals surface area contributed by atoms with Crippen LogP contribution in [0.2, 0.25) is 0 Å². The summed E-state index contributed by atoms with van der Waals surface area (Å²) in [5, 5.41) is 9.70. The van der Waals surface area contributed by atoms with Crippen LogP contribution in [0.25, 0.3) is 33.1 Å². The van der Waals surface area contributed by atoms with Crippen LogP contribution in [-0.2, 0) is 6.42 Å². The summed E-state index contributed by atoms with van der Waals surface area (Å²) < 4.78 is 5.47. The molecule has 0 radical (unpaired) electrons. The largest absolute Gasteiger partial charge is 0.373 e. The molecule has 29 heavy (non-hydrogen) atoms. The summed E-state index contributed by atoms with van der Waals surface area (Å²) in [5.74, 6) is 1.64. The summed E-state index contributed by atoms with van der Waals surface area (Å²) in [6, 6.07) is 19.1. The third-order valence-electron chi connectivity index (χ3n) is 4.83. The lowest BCUT2D eigenvalue weighted by atomic mass is 10.1. The third kappa shape index (κ3) is 3.12. The summed E-state index contributed by atoms with van der Waals surface area (Å²) >= 11 is 0. The minimum atomic E-state index is -0.128. The molecule has 2 aromatic carbocycles. The van der Waals surface area contributed by atoms with E-state index in [2.05, 4.69) is 25.4 Å². The fourth-order valence-corrected chi connectivity index (χ4v) is 3.45. The second-order valence-electron chi connectivity index (χ2n) is 6.72. The van der Waals surface area contributed by atoms with E-state index in [9.17, 15) is 4.79 Å². The zero-order valence-corrected chi connectivity index (χ0v) is 15.6. The van der Waals surface area contributed by atoms with Crippen molar-refractivity contribution in [2.24, 2.45) is 0 Å². The van der Waals surface area contributed by atoms with Crippen LogP contribution in [0, 0.1) is 0 Å². The molecule has 0 atom stereocenters. The van der Waals surface area contributed by atoms with Gasteiger partial charge in [0.2, 0.25) is 11.7 Å². The molecule has 7 heteroatoms. The molecular weight excluding hydrogens is 366 g/mol. The predicted octanol–water partition coefficient (Wildman–Crippen LogP) is 3.76. The van der Waals surface area contributed by atoms with E-state index in [1.54, 1.807) is 6.07 Å². The molecule has 0 saturated carbocycles. The van der Waals surface area contributed by atoms with Crippen LogP contribution >= 0.6 is 0 Å². The van der Waals surface area contributed by atoms with E-state index in [4.69, 9.17) is 4.52 Å². The van der Waals surface area contributed by atoms with Crippen molar-refractivity contribution in [1.82, 2.24) is 20.1 Å². The smallest absolute Gasteiger partial charge is 0.256 e. The minimum Gasteiger partial charge on any atom is -0.373 e. The highest BCUT2D eigenvalue weighted by Crippen LogP contribution is 2.28. The van der Waals surface area contributed by atoms with Gasteiger partial charge in [-0.1, -0.05) is 41.6 Å². The minimum absolute atomic E-state index is 0.128. The Hall–Kier alpha value is -4.00. The third-order valence-corrected chi connectivity index (χ3v) is 4.83. The Bertz CT molecular complexity index is 1400. The molecule has 5 rings (SSSR count). The number of fused-ring (bicyclic) bond motifs is 2. The van der Waals surface area contributed by atoms with Gasteiger partial charge >= 0.3 is 0 Å². The van der Waals surface area contributed by atoms with Crippen molar-refractivity contribution in [3.8, 4) is 11.4 Å². The zero-order chi connectivity index (χ0) is 19.8. The lowest BCUT2D eigenvalue weighted by Gasteiger charge is -2.06. The molecule has 142 valence electrons. The Morgan fingerprint density at radius 3 is 2.66 bits per heavy atom. The molecule has 3 aromatic heterocycles. The van der Waals surface area contributed by atoms with Gasteiger partial charge in [0.1, 0.15) is 5.82 Å². The summed E-state index contributed by atoms with van der Waals surface area (Å²) in [4.78, 5) is 24.3. The summed E-state index contributed by atoms with van der Waals surface area (Å²) in [6.07, 6.45) is 0.342. The van der Waals surface area contributed by atoms with Gasteiger partial charge in [0.25, 0.3) is 5.56 Å². The topological polar surface area (TPSA) is 96.7 Å². The van der Waals surface area contributed by atoms with Crippen molar-refractivity contribution >= 4 is 27.5 Å². The molecule has 2 N–H and O–H groups in total. The number of nitrogens with zero attached hydrogens (tertiary/aromatic N) is 3. The van der Waals surface area contributed by atoms with Crippen molar-refractivity contribution in [2.75, 3.05) is 12.4 Å². The van der Waals surface area contributed by atoms with E-state index >= 15 is 0 Å². The van der Waals surface area contributed by atoms with Crippen LogP contribution in [0.1, 0.15) is 11.6 Å². The lowest BCUT2D eigenvalue weighted by Crippen LogP contribution is -2.09. The van der Waals surface area contributed by atoms with Crippen molar-refractivity contribution in [1.29, 1.82) is 0 Å². The van der Waals surface area contributed by atoms with Crippen LogP contribution < -0.4 is 10.9 Å².